The number of aromatic nitrogens is 3. The number of fused-ring (bicyclic) bond motifs is 1. The van der Waals surface area contributed by atoms with Crippen molar-refractivity contribution in [3.05, 3.63) is 52.7 Å². The number of aliphatic hydroxyl groups excluding tert-OH is 1. The highest BCUT2D eigenvalue weighted by Crippen LogP contribution is 2.52. The Morgan fingerprint density at radius 1 is 1.44 bits per heavy atom. The summed E-state index contributed by atoms with van der Waals surface area (Å²) < 4.78 is 69.1. The third kappa shape index (κ3) is 6.27. The molecule has 220 valence electrons. The SMILES string of the molecule is [2H]C([2H])(O[P@@](=O)(C[C@@H](C)C(=O)OC(C)C)Oc1ccccc1)[C@H]1O[C@@H](n2cc(F)c3c(=O)[nH]c(N)nc32)C(Cl)(C#C)[C@H]1O. The molecular weight excluding hydrogens is 582 g/mol. The Bertz CT molecular complexity index is 1670. The molecule has 1 aliphatic heterocycles. The summed E-state index contributed by atoms with van der Waals surface area (Å²) >= 11 is 6.59. The van der Waals surface area contributed by atoms with Gasteiger partial charge in [0.1, 0.15) is 23.3 Å². The van der Waals surface area contributed by atoms with Gasteiger partial charge < -0.3 is 24.8 Å². The maximum Gasteiger partial charge on any atom is 0.380 e. The molecule has 15 heteroatoms. The minimum absolute atomic E-state index is 0.0373. The van der Waals surface area contributed by atoms with Gasteiger partial charge in [-0.1, -0.05) is 42.6 Å². The lowest BCUT2D eigenvalue weighted by atomic mass is 9.99. The number of para-hydroxylation sites is 1. The van der Waals surface area contributed by atoms with Crippen LogP contribution < -0.4 is 15.8 Å². The molecule has 1 fully saturated rings. The minimum atomic E-state index is -4.59. The molecule has 0 bridgehead atoms. The number of anilines is 1. The minimum Gasteiger partial charge on any atom is -0.463 e. The maximum absolute atomic E-state index is 14.8. The van der Waals surface area contributed by atoms with Gasteiger partial charge in [0.05, 0.1) is 27.5 Å². The number of esters is 1. The fraction of sp³-hybridized carbons (Fsp3) is 0.423. The van der Waals surface area contributed by atoms with E-state index in [0.717, 1.165) is 10.8 Å². The van der Waals surface area contributed by atoms with Crippen molar-refractivity contribution in [3.8, 4) is 18.1 Å². The molecule has 0 spiro atoms. The van der Waals surface area contributed by atoms with Gasteiger partial charge in [0.25, 0.3) is 5.56 Å². The Labute approximate surface area is 242 Å². The molecule has 0 radical (unpaired) electrons. The standard InChI is InChI=1S/C26H29ClFN4O8P/c1-5-26(27)20(33)18(39-24(26)32-11-17(28)19-21(32)30-25(29)31-22(19)34)12-37-41(36,40-16-9-7-6-8-10-16)13-15(4)23(35)38-14(2)3/h1,6-11,14-15,18,20,24,33H,12-13H2,2-4H3,(H3,29,30,31,34)/t15-,18-,20+,24-,26?,41+/m1/s1/i12D2. The number of nitrogen functional groups attached to an aromatic ring is 1. The predicted octanol–water partition coefficient (Wildman–Crippen LogP) is 3.19. The van der Waals surface area contributed by atoms with Crippen LogP contribution in [0.3, 0.4) is 0 Å². The Morgan fingerprint density at radius 3 is 2.76 bits per heavy atom. The van der Waals surface area contributed by atoms with Crippen molar-refractivity contribution in [2.75, 3.05) is 18.5 Å². The number of aliphatic hydroxyl groups is 1. The number of hydrogen-bond acceptors (Lipinski definition) is 10. The number of rotatable bonds is 10. The van der Waals surface area contributed by atoms with Gasteiger partial charge >= 0.3 is 13.6 Å². The first-order valence-corrected chi connectivity index (χ1v) is 14.4. The molecule has 1 unspecified atom stereocenters. The van der Waals surface area contributed by atoms with Crippen molar-refractivity contribution < 1.29 is 40.1 Å². The molecule has 4 rings (SSSR count). The Balaban J connectivity index is 1.71. The summed E-state index contributed by atoms with van der Waals surface area (Å²) in [6.07, 6.45) is -0.541. The van der Waals surface area contributed by atoms with E-state index in [9.17, 15) is 23.7 Å². The van der Waals surface area contributed by atoms with E-state index in [4.69, 9.17) is 45.0 Å². The fourth-order valence-corrected chi connectivity index (χ4v) is 6.11. The van der Waals surface area contributed by atoms with Crippen LogP contribution in [0.25, 0.3) is 11.0 Å². The number of H-pyrrole nitrogens is 1. The normalized spacial score (nSPS) is 25.7. The molecule has 3 heterocycles. The number of nitrogens with one attached hydrogen (secondary N) is 1. The molecule has 4 N–H and O–H groups in total. The first-order chi connectivity index (χ1) is 20.0. The quantitative estimate of drug-likeness (QED) is 0.134. The smallest absolute Gasteiger partial charge is 0.380 e. The van der Waals surface area contributed by atoms with Gasteiger partial charge in [-0.25, -0.2) is 8.96 Å². The molecule has 0 aliphatic carbocycles. The number of hydrogen-bond donors (Lipinski definition) is 3. The van der Waals surface area contributed by atoms with Gasteiger partial charge in [-0.05, 0) is 26.0 Å². The topological polar surface area (TPSA) is 168 Å². The number of benzene rings is 1. The Hall–Kier alpha value is -3.40. The monoisotopic (exact) mass is 612 g/mol. The van der Waals surface area contributed by atoms with Gasteiger partial charge in [-0.15, -0.1) is 6.42 Å². The fourth-order valence-electron chi connectivity index (χ4n) is 4.13. The first-order valence-electron chi connectivity index (χ1n) is 13.3. The molecule has 0 saturated carbocycles. The van der Waals surface area contributed by atoms with E-state index < -0.39 is 78.4 Å². The lowest BCUT2D eigenvalue weighted by Crippen LogP contribution is -2.41. The highest BCUT2D eigenvalue weighted by molar-refractivity contribution is 7.54. The summed E-state index contributed by atoms with van der Waals surface area (Å²) in [7, 11) is -4.59. The molecule has 2 aromatic heterocycles. The molecule has 1 aliphatic rings. The maximum atomic E-state index is 14.8. The van der Waals surface area contributed by atoms with Crippen molar-refractivity contribution in [1.29, 1.82) is 0 Å². The van der Waals surface area contributed by atoms with Crippen LogP contribution in [-0.2, 0) is 23.4 Å². The van der Waals surface area contributed by atoms with Crippen LogP contribution in [-0.4, -0.2) is 61.5 Å². The molecule has 6 atom stereocenters. The van der Waals surface area contributed by atoms with E-state index in [1.165, 1.54) is 19.1 Å². The predicted molar refractivity (Wildman–Crippen MR) is 148 cm³/mol. The van der Waals surface area contributed by atoms with E-state index in [1.807, 2.05) is 0 Å². The van der Waals surface area contributed by atoms with Crippen molar-refractivity contribution in [2.24, 2.45) is 5.92 Å². The highest BCUT2D eigenvalue weighted by atomic mass is 35.5. The van der Waals surface area contributed by atoms with Crippen molar-refractivity contribution in [2.45, 2.75) is 50.2 Å². The summed E-state index contributed by atoms with van der Waals surface area (Å²) in [4.78, 5) is 28.6. The average molecular weight is 613 g/mol. The zero-order valence-electron chi connectivity index (χ0n) is 24.1. The van der Waals surface area contributed by atoms with E-state index in [-0.39, 0.29) is 17.3 Å². The summed E-state index contributed by atoms with van der Waals surface area (Å²) in [6, 6.07) is 7.68. The molecule has 1 saturated heterocycles. The van der Waals surface area contributed by atoms with Crippen LogP contribution in [0.15, 0.2) is 41.3 Å². The van der Waals surface area contributed by atoms with Gasteiger partial charge in [-0.3, -0.25) is 23.7 Å². The van der Waals surface area contributed by atoms with Gasteiger partial charge in [0.15, 0.2) is 22.6 Å². The van der Waals surface area contributed by atoms with E-state index in [0.29, 0.717) is 0 Å². The number of nitrogens with zero attached hydrogens (tertiary/aromatic N) is 2. The molecular formula is C26H29ClFN4O8P. The lowest BCUT2D eigenvalue weighted by molar-refractivity contribution is -0.151. The third-order valence-electron chi connectivity index (χ3n) is 6.03. The van der Waals surface area contributed by atoms with Gasteiger partial charge in [0, 0.05) is 6.20 Å². The van der Waals surface area contributed by atoms with E-state index in [2.05, 4.69) is 15.9 Å². The van der Waals surface area contributed by atoms with E-state index >= 15 is 0 Å². The Morgan fingerprint density at radius 2 is 2.12 bits per heavy atom. The summed E-state index contributed by atoms with van der Waals surface area (Å²) in [5, 5.41) is 10.7. The van der Waals surface area contributed by atoms with Crippen molar-refractivity contribution in [3.63, 3.8) is 0 Å². The van der Waals surface area contributed by atoms with Crippen LogP contribution in [0.5, 0.6) is 5.75 Å². The number of aromatic amines is 1. The number of nitrogens with two attached hydrogens (primary N) is 1. The lowest BCUT2D eigenvalue weighted by Gasteiger charge is -2.26. The second-order valence-electron chi connectivity index (χ2n) is 9.59. The summed E-state index contributed by atoms with van der Waals surface area (Å²) in [6.45, 7) is 1.50. The van der Waals surface area contributed by atoms with Crippen LogP contribution in [0.4, 0.5) is 10.3 Å². The van der Waals surface area contributed by atoms with Crippen LogP contribution in [0.2, 0.25) is 0 Å². The molecule has 1 aromatic carbocycles. The zero-order chi connectivity index (χ0) is 31.9. The molecule has 12 nitrogen and oxygen atoms in total. The van der Waals surface area contributed by atoms with Crippen LogP contribution in [0, 0.1) is 24.1 Å². The summed E-state index contributed by atoms with van der Waals surface area (Å²) in [5.74, 6) is -1.07. The highest BCUT2D eigenvalue weighted by Gasteiger charge is 2.56. The summed E-state index contributed by atoms with van der Waals surface area (Å²) in [5.41, 5.74) is 4.35. The van der Waals surface area contributed by atoms with Gasteiger partial charge in [-0.2, -0.15) is 4.98 Å². The molecule has 3 aromatic rings. The average Bonchev–Trinajstić information content (AvgIpc) is 3.37. The van der Waals surface area contributed by atoms with Gasteiger partial charge in [0.2, 0.25) is 5.95 Å². The molecule has 0 amide bonds. The Kier molecular flexibility index (Phi) is 8.01. The van der Waals surface area contributed by atoms with Crippen molar-refractivity contribution >= 4 is 42.1 Å². The number of terminal acetylenes is 1. The van der Waals surface area contributed by atoms with Crippen molar-refractivity contribution in [1.82, 2.24) is 14.5 Å². The number of carbonyl (C=O) groups is 1. The first kappa shape index (κ1) is 27.8. The largest absolute Gasteiger partial charge is 0.463 e. The second-order valence-corrected chi connectivity index (χ2v) is 12.2. The second kappa shape index (κ2) is 11.8. The molecule has 41 heavy (non-hydrogen) atoms. The van der Waals surface area contributed by atoms with Crippen LogP contribution in [0.1, 0.15) is 29.7 Å². The number of carbonyl (C=O) groups excluding carboxylic acids is 1. The van der Waals surface area contributed by atoms with E-state index in [1.54, 1.807) is 32.0 Å². The number of ether oxygens (including phenoxy) is 2. The zero-order valence-corrected chi connectivity index (χ0v) is 23.8. The number of alkyl halides is 1. The van der Waals surface area contributed by atoms with Crippen LogP contribution >= 0.6 is 19.2 Å². The number of halogens is 2. The third-order valence-corrected chi connectivity index (χ3v) is 8.41.